The second-order valence-electron chi connectivity index (χ2n) is 3.47. The van der Waals surface area contributed by atoms with Crippen LogP contribution in [0.2, 0.25) is 10.0 Å². The normalized spacial score (nSPS) is 13.2. The van der Waals surface area contributed by atoms with E-state index in [2.05, 4.69) is 5.18 Å². The maximum absolute atomic E-state index is 11.6. The molecule has 10 heteroatoms. The van der Waals surface area contributed by atoms with Gasteiger partial charge >= 0.3 is 13.0 Å². The molecule has 1 heterocycles. The lowest BCUT2D eigenvalue weighted by Gasteiger charge is -2.24. The third kappa shape index (κ3) is 2.22. The summed E-state index contributed by atoms with van der Waals surface area (Å²) in [5.41, 5.74) is -0.347. The van der Waals surface area contributed by atoms with Crippen molar-refractivity contribution in [1.82, 2.24) is 0 Å². The molecule has 19 heavy (non-hydrogen) atoms. The molecule has 0 unspecified atom stereocenters. The predicted molar refractivity (Wildman–Crippen MR) is 67.2 cm³/mol. The lowest BCUT2D eigenvalue weighted by atomic mass is 9.91. The average molecular weight is 306 g/mol. The average Bonchev–Trinajstić information content (AvgIpc) is 2.41. The molecule has 1 aliphatic heterocycles. The maximum Gasteiger partial charge on any atom is 0.563 e. The summed E-state index contributed by atoms with van der Waals surface area (Å²) in [5.74, 6) is -1.63. The highest BCUT2D eigenvalue weighted by Gasteiger charge is 2.36. The van der Waals surface area contributed by atoms with Gasteiger partial charge in [-0.25, -0.2) is 0 Å². The van der Waals surface area contributed by atoms with Crippen molar-refractivity contribution in [1.29, 1.82) is 0 Å². The number of carbonyl (C=O) groups excluding carboxylic acids is 1. The zero-order valence-corrected chi connectivity index (χ0v) is 11.0. The third-order valence-electron chi connectivity index (χ3n) is 2.38. The van der Waals surface area contributed by atoms with Crippen LogP contribution >= 0.6 is 23.2 Å². The molecule has 0 saturated heterocycles. The minimum absolute atomic E-state index is 0.0511. The van der Waals surface area contributed by atoms with E-state index in [1.54, 1.807) is 0 Å². The van der Waals surface area contributed by atoms with E-state index in [1.165, 1.54) is 7.11 Å². The standard InChI is InChI=1S/C9H6BCl2NO6/c1-17-6-3(9(14)13-16)7-8(5(12)4(6)11)18-2-10(15)19-7/h15H,2H2,1H3. The molecule has 0 fully saturated rings. The first kappa shape index (κ1) is 13.9. The van der Waals surface area contributed by atoms with Gasteiger partial charge in [0.2, 0.25) is 0 Å². The minimum atomic E-state index is -1.31. The van der Waals surface area contributed by atoms with Crippen LogP contribution in [0.15, 0.2) is 5.18 Å². The van der Waals surface area contributed by atoms with E-state index >= 15 is 0 Å². The lowest BCUT2D eigenvalue weighted by Crippen LogP contribution is -2.35. The summed E-state index contributed by atoms with van der Waals surface area (Å²) < 4.78 is 15.1. The smallest absolute Gasteiger partial charge is 0.531 e. The Labute approximate surface area is 117 Å². The van der Waals surface area contributed by atoms with Crippen LogP contribution in [0.1, 0.15) is 10.4 Å². The number of amides is 1. The lowest BCUT2D eigenvalue weighted by molar-refractivity contribution is 0.0994. The molecule has 0 atom stereocenters. The number of methoxy groups -OCH3 is 1. The fraction of sp³-hybridized carbons (Fsp3) is 0.222. The molecular weight excluding hydrogens is 300 g/mol. The van der Waals surface area contributed by atoms with Crippen molar-refractivity contribution in [2.24, 2.45) is 5.18 Å². The highest BCUT2D eigenvalue weighted by molar-refractivity contribution is 6.47. The summed E-state index contributed by atoms with van der Waals surface area (Å²) in [4.78, 5) is 22.0. The van der Waals surface area contributed by atoms with Gasteiger partial charge in [0.1, 0.15) is 22.1 Å². The number of carbonyl (C=O) groups is 1. The molecular formula is C9H6BCl2NO6. The van der Waals surface area contributed by atoms with Crippen molar-refractivity contribution in [3.8, 4) is 17.2 Å². The Bertz CT molecular complexity index is 566. The predicted octanol–water partition coefficient (Wildman–Crippen LogP) is 1.70. The van der Waals surface area contributed by atoms with Crippen molar-refractivity contribution in [3.63, 3.8) is 0 Å². The van der Waals surface area contributed by atoms with E-state index in [1.807, 2.05) is 0 Å². The number of fused-ring (bicyclic) bond motifs is 1. The number of nitrogens with zero attached hydrogens (tertiary/aromatic N) is 1. The Morgan fingerprint density at radius 3 is 2.68 bits per heavy atom. The van der Waals surface area contributed by atoms with Crippen LogP contribution in [0, 0.1) is 4.91 Å². The Balaban J connectivity index is 2.78. The molecule has 0 aromatic heterocycles. The zero-order valence-electron chi connectivity index (χ0n) is 9.48. The highest BCUT2D eigenvalue weighted by atomic mass is 35.5. The Morgan fingerprint density at radius 1 is 1.42 bits per heavy atom. The molecule has 1 aromatic rings. The van der Waals surface area contributed by atoms with Gasteiger partial charge in [-0.3, -0.25) is 4.79 Å². The maximum atomic E-state index is 11.6. The Kier molecular flexibility index (Phi) is 3.84. The van der Waals surface area contributed by atoms with Crippen molar-refractivity contribution >= 4 is 36.2 Å². The van der Waals surface area contributed by atoms with Gasteiger partial charge in [0.15, 0.2) is 17.2 Å². The number of rotatable bonds is 2. The van der Waals surface area contributed by atoms with Crippen LogP contribution in [0.3, 0.4) is 0 Å². The number of benzene rings is 1. The minimum Gasteiger partial charge on any atom is -0.531 e. The fourth-order valence-corrected chi connectivity index (χ4v) is 2.11. The summed E-state index contributed by atoms with van der Waals surface area (Å²) >= 11 is 11.9. The van der Waals surface area contributed by atoms with Crippen LogP contribution in [0.4, 0.5) is 0 Å². The summed E-state index contributed by atoms with van der Waals surface area (Å²) in [6.07, 6.45) is 0. The van der Waals surface area contributed by atoms with E-state index in [0.29, 0.717) is 0 Å². The summed E-state index contributed by atoms with van der Waals surface area (Å²) in [6.45, 7) is -0.197. The summed E-state index contributed by atoms with van der Waals surface area (Å²) in [5, 5.41) is 11.5. The summed E-state index contributed by atoms with van der Waals surface area (Å²) in [6, 6.07) is 0. The SMILES string of the molecule is COc1c(Cl)c(Cl)c2c(c1C(=O)N=O)OB(O)CO2. The number of nitroso groups, excluding NO2 is 1. The monoisotopic (exact) mass is 305 g/mol. The summed E-state index contributed by atoms with van der Waals surface area (Å²) in [7, 11) is -0.0846. The number of ether oxygens (including phenoxy) is 2. The van der Waals surface area contributed by atoms with Gasteiger partial charge in [-0.15, -0.1) is 4.91 Å². The quantitative estimate of drug-likeness (QED) is 0.660. The van der Waals surface area contributed by atoms with E-state index < -0.39 is 13.0 Å². The Morgan fingerprint density at radius 2 is 2.11 bits per heavy atom. The molecule has 0 saturated carbocycles. The van der Waals surface area contributed by atoms with Crippen molar-refractivity contribution in [2.45, 2.75) is 0 Å². The number of halogens is 2. The van der Waals surface area contributed by atoms with E-state index in [0.717, 1.165) is 0 Å². The molecule has 7 nitrogen and oxygen atoms in total. The van der Waals surface area contributed by atoms with Crippen LogP contribution < -0.4 is 14.1 Å². The van der Waals surface area contributed by atoms with Gasteiger partial charge < -0.3 is 19.2 Å². The van der Waals surface area contributed by atoms with Gasteiger partial charge in [-0.05, 0) is 0 Å². The molecule has 1 N–H and O–H groups in total. The van der Waals surface area contributed by atoms with Crippen LogP contribution in [0.25, 0.3) is 0 Å². The molecule has 0 radical (unpaired) electrons. The topological polar surface area (TPSA) is 94.4 Å². The molecule has 0 spiro atoms. The van der Waals surface area contributed by atoms with Crippen LogP contribution in [0.5, 0.6) is 17.2 Å². The van der Waals surface area contributed by atoms with Crippen molar-refractivity contribution < 1.29 is 23.9 Å². The van der Waals surface area contributed by atoms with Gasteiger partial charge in [0, 0.05) is 5.18 Å². The third-order valence-corrected chi connectivity index (χ3v) is 3.19. The second-order valence-corrected chi connectivity index (χ2v) is 4.23. The number of hydrogen-bond donors (Lipinski definition) is 1. The zero-order chi connectivity index (χ0) is 14.2. The van der Waals surface area contributed by atoms with Crippen molar-refractivity contribution in [2.75, 3.05) is 13.6 Å². The largest absolute Gasteiger partial charge is 0.563 e. The number of hydrogen-bond acceptors (Lipinski definition) is 6. The Hall–Kier alpha value is -1.51. The second kappa shape index (κ2) is 5.24. The molecule has 1 aliphatic rings. The molecule has 2 rings (SSSR count). The first-order valence-electron chi connectivity index (χ1n) is 4.95. The molecule has 1 amide bonds. The molecule has 0 aliphatic carbocycles. The van der Waals surface area contributed by atoms with E-state index in [-0.39, 0.29) is 39.4 Å². The highest BCUT2D eigenvalue weighted by Crippen LogP contribution is 2.50. The van der Waals surface area contributed by atoms with Gasteiger partial charge in [0.25, 0.3) is 0 Å². The fourth-order valence-electron chi connectivity index (χ4n) is 1.62. The first-order chi connectivity index (χ1) is 9.01. The van der Waals surface area contributed by atoms with Crippen LogP contribution in [-0.2, 0) is 0 Å². The van der Waals surface area contributed by atoms with E-state index in [9.17, 15) is 14.7 Å². The molecule has 100 valence electrons. The van der Waals surface area contributed by atoms with E-state index in [4.69, 9.17) is 37.3 Å². The molecule has 0 bridgehead atoms. The molecule has 1 aromatic carbocycles. The van der Waals surface area contributed by atoms with Gasteiger partial charge in [-0.1, -0.05) is 23.2 Å². The van der Waals surface area contributed by atoms with Gasteiger partial charge in [0.05, 0.1) is 7.11 Å². The first-order valence-corrected chi connectivity index (χ1v) is 5.71. The van der Waals surface area contributed by atoms with Gasteiger partial charge in [-0.2, -0.15) is 0 Å². The van der Waals surface area contributed by atoms with Crippen LogP contribution in [-0.4, -0.2) is 31.7 Å². The van der Waals surface area contributed by atoms with Crippen molar-refractivity contribution in [3.05, 3.63) is 20.5 Å².